The van der Waals surface area contributed by atoms with Gasteiger partial charge in [0.25, 0.3) is 0 Å². The van der Waals surface area contributed by atoms with Crippen molar-refractivity contribution >= 4 is 33.0 Å². The third kappa shape index (κ3) is 5.28. The van der Waals surface area contributed by atoms with Crippen molar-refractivity contribution in [2.45, 2.75) is 13.0 Å². The van der Waals surface area contributed by atoms with Crippen LogP contribution in [0.2, 0.25) is 0 Å². The number of amides is 1. The molecule has 30 heavy (non-hydrogen) atoms. The number of halogens is 1. The van der Waals surface area contributed by atoms with Crippen LogP contribution in [-0.2, 0) is 14.8 Å². The molecule has 0 aliphatic carbocycles. The number of hydrogen-bond donors (Lipinski definition) is 1. The van der Waals surface area contributed by atoms with E-state index in [0.717, 1.165) is 48.5 Å². The number of carbonyl (C=O) groups is 1. The molecule has 1 aliphatic heterocycles. The van der Waals surface area contributed by atoms with Crippen molar-refractivity contribution in [3.05, 3.63) is 54.3 Å². The van der Waals surface area contributed by atoms with E-state index in [4.69, 9.17) is 0 Å². The van der Waals surface area contributed by atoms with Crippen molar-refractivity contribution in [3.8, 4) is 0 Å². The molecule has 0 radical (unpaired) electrons. The SMILES string of the molecule is C[C@@H](C(=O)Nc1ccc(N2CCN(C)CC2)cc1)N(c1cccc(F)c1)S(C)(=O)=O. The van der Waals surface area contributed by atoms with Gasteiger partial charge < -0.3 is 15.1 Å². The minimum atomic E-state index is -3.80. The topological polar surface area (TPSA) is 73.0 Å². The molecule has 2 aromatic carbocycles. The lowest BCUT2D eigenvalue weighted by Crippen LogP contribution is -2.45. The molecule has 1 saturated heterocycles. The molecule has 0 unspecified atom stereocenters. The van der Waals surface area contributed by atoms with Crippen molar-refractivity contribution in [1.29, 1.82) is 0 Å². The Hall–Kier alpha value is -2.65. The van der Waals surface area contributed by atoms with Crippen LogP contribution >= 0.6 is 0 Å². The maximum atomic E-state index is 13.6. The van der Waals surface area contributed by atoms with Gasteiger partial charge in [-0.25, -0.2) is 12.8 Å². The molecule has 1 N–H and O–H groups in total. The molecule has 0 bridgehead atoms. The molecule has 3 rings (SSSR count). The van der Waals surface area contributed by atoms with Gasteiger partial charge in [0.2, 0.25) is 15.9 Å². The molecule has 7 nitrogen and oxygen atoms in total. The summed E-state index contributed by atoms with van der Waals surface area (Å²) in [5, 5.41) is 2.75. The molecule has 162 valence electrons. The Balaban J connectivity index is 1.72. The second-order valence-corrected chi connectivity index (χ2v) is 9.40. The predicted octanol–water partition coefficient (Wildman–Crippen LogP) is 2.37. The summed E-state index contributed by atoms with van der Waals surface area (Å²) in [4.78, 5) is 17.3. The largest absolute Gasteiger partial charge is 0.369 e. The van der Waals surface area contributed by atoms with Crippen molar-refractivity contribution < 1.29 is 17.6 Å². The lowest BCUT2D eigenvalue weighted by Gasteiger charge is -2.34. The number of rotatable bonds is 6. The number of hydrogen-bond acceptors (Lipinski definition) is 5. The third-order valence-corrected chi connectivity index (χ3v) is 6.40. The van der Waals surface area contributed by atoms with Gasteiger partial charge in [0.15, 0.2) is 0 Å². The zero-order valence-corrected chi connectivity index (χ0v) is 18.2. The Bertz CT molecular complexity index is 990. The van der Waals surface area contributed by atoms with Gasteiger partial charge in [0, 0.05) is 37.6 Å². The molecular formula is C21H27FN4O3S. The Labute approximate surface area is 177 Å². The average molecular weight is 435 g/mol. The fraction of sp³-hybridized carbons (Fsp3) is 0.381. The number of nitrogens with one attached hydrogen (secondary N) is 1. The van der Waals surface area contributed by atoms with E-state index in [1.165, 1.54) is 25.1 Å². The first-order valence-electron chi connectivity index (χ1n) is 9.74. The standard InChI is InChI=1S/C21H27FN4O3S/c1-16(26(30(3,28)29)20-6-4-5-17(22)15-20)21(27)23-18-7-9-19(10-8-18)25-13-11-24(2)12-14-25/h4-10,15-16H,11-14H2,1-3H3,(H,23,27)/t16-/m0/s1. The van der Waals surface area contributed by atoms with E-state index >= 15 is 0 Å². The van der Waals surface area contributed by atoms with E-state index in [2.05, 4.69) is 22.2 Å². The minimum absolute atomic E-state index is 0.102. The lowest BCUT2D eigenvalue weighted by atomic mass is 10.2. The first-order valence-corrected chi connectivity index (χ1v) is 11.6. The van der Waals surface area contributed by atoms with Crippen LogP contribution in [0.5, 0.6) is 0 Å². The molecule has 0 saturated carbocycles. The van der Waals surface area contributed by atoms with Gasteiger partial charge in [-0.1, -0.05) is 6.07 Å². The van der Waals surface area contributed by atoms with Crippen LogP contribution in [0, 0.1) is 5.82 Å². The molecule has 1 amide bonds. The van der Waals surface area contributed by atoms with Gasteiger partial charge in [-0.2, -0.15) is 0 Å². The van der Waals surface area contributed by atoms with Gasteiger partial charge in [0.1, 0.15) is 11.9 Å². The number of piperazine rings is 1. The first kappa shape index (κ1) is 22.0. The molecule has 0 aromatic heterocycles. The normalized spacial score (nSPS) is 16.2. The smallest absolute Gasteiger partial charge is 0.247 e. The number of sulfonamides is 1. The van der Waals surface area contributed by atoms with Gasteiger partial charge in [0.05, 0.1) is 11.9 Å². The Morgan fingerprint density at radius 1 is 1.10 bits per heavy atom. The summed E-state index contributed by atoms with van der Waals surface area (Å²) < 4.78 is 39.1. The van der Waals surface area contributed by atoms with Crippen LogP contribution in [0.4, 0.5) is 21.5 Å². The minimum Gasteiger partial charge on any atom is -0.369 e. The van der Waals surface area contributed by atoms with Crippen molar-refractivity contribution in [2.75, 3.05) is 54.0 Å². The Kier molecular flexibility index (Phi) is 6.62. The van der Waals surface area contributed by atoms with Crippen LogP contribution < -0.4 is 14.5 Å². The first-order chi connectivity index (χ1) is 14.1. The summed E-state index contributed by atoms with van der Waals surface area (Å²) >= 11 is 0. The monoisotopic (exact) mass is 434 g/mol. The second kappa shape index (κ2) is 9.01. The summed E-state index contributed by atoms with van der Waals surface area (Å²) in [5.74, 6) is -1.08. The highest BCUT2D eigenvalue weighted by Gasteiger charge is 2.29. The van der Waals surface area contributed by atoms with Crippen LogP contribution in [0.25, 0.3) is 0 Å². The van der Waals surface area contributed by atoms with Crippen LogP contribution in [0.15, 0.2) is 48.5 Å². The predicted molar refractivity (Wildman–Crippen MR) is 118 cm³/mol. The third-order valence-electron chi connectivity index (χ3n) is 5.15. The van der Waals surface area contributed by atoms with Gasteiger partial charge in [-0.3, -0.25) is 9.10 Å². The number of anilines is 3. The van der Waals surface area contributed by atoms with Crippen molar-refractivity contribution in [2.24, 2.45) is 0 Å². The molecule has 0 spiro atoms. The van der Waals surface area contributed by atoms with Crippen LogP contribution in [0.1, 0.15) is 6.92 Å². The Morgan fingerprint density at radius 2 is 1.73 bits per heavy atom. The molecule has 1 fully saturated rings. The molecule has 2 aromatic rings. The summed E-state index contributed by atoms with van der Waals surface area (Å²) in [6, 6.07) is 11.6. The quantitative estimate of drug-likeness (QED) is 0.756. The summed E-state index contributed by atoms with van der Waals surface area (Å²) in [7, 11) is -1.70. The highest BCUT2D eigenvalue weighted by molar-refractivity contribution is 7.92. The van der Waals surface area contributed by atoms with E-state index in [1.54, 1.807) is 12.1 Å². The Morgan fingerprint density at radius 3 is 2.30 bits per heavy atom. The fourth-order valence-electron chi connectivity index (χ4n) is 3.49. The highest BCUT2D eigenvalue weighted by Crippen LogP contribution is 2.23. The summed E-state index contributed by atoms with van der Waals surface area (Å²) in [6.07, 6.45) is 0.993. The van der Waals surface area contributed by atoms with Crippen molar-refractivity contribution in [3.63, 3.8) is 0 Å². The maximum absolute atomic E-state index is 13.6. The zero-order chi connectivity index (χ0) is 21.9. The molecule has 9 heteroatoms. The molecule has 1 aliphatic rings. The fourth-order valence-corrected chi connectivity index (χ4v) is 4.66. The van der Waals surface area contributed by atoms with Crippen LogP contribution in [0.3, 0.4) is 0 Å². The van der Waals surface area contributed by atoms with Gasteiger partial charge in [-0.05, 0) is 56.4 Å². The molecular weight excluding hydrogens is 407 g/mol. The number of benzene rings is 2. The van der Waals surface area contributed by atoms with E-state index in [0.29, 0.717) is 5.69 Å². The van der Waals surface area contributed by atoms with Crippen molar-refractivity contribution in [1.82, 2.24) is 4.90 Å². The number of likely N-dealkylation sites (N-methyl/N-ethyl adjacent to an activating group) is 1. The molecule has 1 heterocycles. The highest BCUT2D eigenvalue weighted by atomic mass is 32.2. The lowest BCUT2D eigenvalue weighted by molar-refractivity contribution is -0.116. The number of carbonyl (C=O) groups excluding carboxylic acids is 1. The van der Waals surface area contributed by atoms with E-state index in [9.17, 15) is 17.6 Å². The van der Waals surface area contributed by atoms with E-state index in [-0.39, 0.29) is 5.69 Å². The van der Waals surface area contributed by atoms with Gasteiger partial charge >= 0.3 is 0 Å². The molecule has 1 atom stereocenters. The van der Waals surface area contributed by atoms with Gasteiger partial charge in [-0.15, -0.1) is 0 Å². The average Bonchev–Trinajstić information content (AvgIpc) is 2.68. The van der Waals surface area contributed by atoms with E-state index < -0.39 is 27.8 Å². The maximum Gasteiger partial charge on any atom is 0.247 e. The number of nitrogens with zero attached hydrogens (tertiary/aromatic N) is 3. The van der Waals surface area contributed by atoms with Crippen LogP contribution in [-0.4, -0.2) is 64.7 Å². The summed E-state index contributed by atoms with van der Waals surface area (Å²) in [5.41, 5.74) is 1.75. The van der Waals surface area contributed by atoms with E-state index in [1.807, 2.05) is 12.1 Å². The second-order valence-electron chi connectivity index (χ2n) is 7.54. The zero-order valence-electron chi connectivity index (χ0n) is 17.4. The summed E-state index contributed by atoms with van der Waals surface area (Å²) in [6.45, 7) is 5.35.